The minimum absolute atomic E-state index is 0.0149. The zero-order chi connectivity index (χ0) is 82.5. The molecule has 2 aromatic rings. The Morgan fingerprint density at radius 1 is 0.661 bits per heavy atom. The maximum absolute atomic E-state index is 12.7. The van der Waals surface area contributed by atoms with Crippen molar-refractivity contribution >= 4 is 83.9 Å². The van der Waals surface area contributed by atoms with E-state index in [4.69, 9.17) is 57.9 Å². The molecule has 0 saturated carbocycles. The van der Waals surface area contributed by atoms with E-state index in [2.05, 4.69) is 153 Å². The van der Waals surface area contributed by atoms with Crippen LogP contribution in [0.1, 0.15) is 181 Å². The number of hydrogen-bond donors (Lipinski definition) is 7. The van der Waals surface area contributed by atoms with Gasteiger partial charge in [-0.15, -0.1) is 0 Å². The standard InChI is InChI=1S/C22H38N2O5Si.C21H37N3O5Si.C17H30N2O3Si.C10H14N2O4.C7H7NO2/c1-10-15-17(29-30(8,9)22(5,6)7)13-16(27-15)14-11-12-18(23-19(14)25)24-20(26)28-21(2,3)4;1-10-14-15(29-30(8,9)21(5,6)7)13-17(27-14)24-12-11-16(22-18(24)25)23-19(26)28-20(2,3)4;1-7-12-14(22-23(5,6)17(2,3)4)10-13(21-12)11-8-9-15(18)19-16(11)20;11-9-2-1-5(10(15)12-9)7-3-6(14)8(4-13)16-7;1-6-4-2-3-5-7(6)8(9)10/h11-12,14-17H,10,13H2,1-9H3,(H,23,24,25,26);11-12,14-15,17H,10,13H2,1-9H3,(H,22,23,25,26);8-9,11-14H,7,10H2,1-6H3,(H2,18,19,20);1-2,5-8,13-14H,3-4H2,(H2,11,12,15);2-5H,1H3/t14?,15-,16-,17-;14-,15-,17-;11?,12-,13-,14-;5?,6-,7-,8-;/m1111./s1. The molecule has 4 saturated heterocycles. The molecule has 1 aromatic carbocycles. The number of para-hydroxylation sites is 1. The number of carbonyl (C=O) groups excluding carboxylic acids is 5. The highest BCUT2D eigenvalue weighted by Gasteiger charge is 2.50. The number of nitro groups is 1. The topological polar surface area (TPSA) is 398 Å². The summed E-state index contributed by atoms with van der Waals surface area (Å²) in [4.78, 5) is 94.0. The lowest BCUT2D eigenvalue weighted by Crippen LogP contribution is -2.46. The number of nitro benzene ring substituents is 1. The molecular formula is C77H126N10O19Si3. The SMILES string of the molecule is CC[C@H]1O[C@@H](C2C=CC(=N)NC2=O)C[C@H]1O[Si](C)(C)C(C)(C)C.CC[C@H]1O[C@@H](C2C=CC(=NC(=O)OC(C)(C)C)NC2=O)C[C@H]1O[Si](C)(C)C(C)(C)C.CC[C@H]1O[C@@H](n2ccc(NC(=O)OC(C)(C)C)nc2=O)C[C@H]1O[Si](C)(C)C(C)(C)C.Cc1ccccc1[N+](=O)[O-].NC1=NC(=O)C([C@H]2C[C@@H](O)[C@@H](CO)O2)C=C1. The van der Waals surface area contributed by atoms with E-state index in [9.17, 15) is 44.0 Å². The van der Waals surface area contributed by atoms with Gasteiger partial charge < -0.3 is 68.3 Å². The Bertz CT molecular complexity index is 3710. The molecule has 8 heterocycles. The van der Waals surface area contributed by atoms with E-state index in [1.165, 1.54) is 10.6 Å². The number of rotatable bonds is 16. The summed E-state index contributed by atoms with van der Waals surface area (Å²) in [5.41, 5.74) is 4.50. The first-order chi connectivity index (χ1) is 50.1. The largest absolute Gasteiger partial charge is 0.444 e. The molecule has 3 unspecified atom stereocenters. The number of aliphatic imine (C=N–C) groups is 2. The van der Waals surface area contributed by atoms with Gasteiger partial charge in [0.1, 0.15) is 46.9 Å². The number of hydrogen-bond acceptors (Lipinski definition) is 22. The molecule has 29 nitrogen and oxygen atoms in total. The smallest absolute Gasteiger partial charge is 0.436 e. The normalized spacial score (nSPS) is 27.7. The molecule has 0 aliphatic carbocycles. The maximum atomic E-state index is 12.7. The first-order valence-electron chi connectivity index (χ1n) is 37.8. The number of benzene rings is 1. The Morgan fingerprint density at radius 2 is 1.11 bits per heavy atom. The molecule has 4 fully saturated rings. The fraction of sp³-hybridized carbons (Fsp3) is 0.688. The number of amides is 5. The van der Waals surface area contributed by atoms with Crippen LogP contribution in [0.3, 0.4) is 0 Å². The zero-order valence-electron chi connectivity index (χ0n) is 68.9. The second-order valence-corrected chi connectivity index (χ2v) is 49.3. The van der Waals surface area contributed by atoms with Crippen molar-refractivity contribution in [2.24, 2.45) is 33.5 Å². The van der Waals surface area contributed by atoms with Crippen LogP contribution in [-0.4, -0.2) is 182 Å². The number of aromatic nitrogens is 2. The lowest BCUT2D eigenvalue weighted by molar-refractivity contribution is -0.385. The number of carbonyl (C=O) groups is 5. The summed E-state index contributed by atoms with van der Waals surface area (Å²) in [5, 5.41) is 44.3. The summed E-state index contributed by atoms with van der Waals surface area (Å²) in [6.45, 7) is 51.7. The molecule has 9 rings (SSSR count). The number of aliphatic hydroxyl groups excluding tert-OH is 2. The number of nitrogens with one attached hydrogen (secondary N) is 4. The Morgan fingerprint density at radius 3 is 1.52 bits per heavy atom. The van der Waals surface area contributed by atoms with Gasteiger partial charge in [0.05, 0.1) is 90.3 Å². The number of dihydropyridines is 1. The van der Waals surface area contributed by atoms with Gasteiger partial charge in [-0.25, -0.2) is 14.4 Å². The van der Waals surface area contributed by atoms with Crippen LogP contribution in [-0.2, 0) is 56.1 Å². The number of amidine groups is 3. The zero-order valence-corrected chi connectivity index (χ0v) is 71.9. The second kappa shape index (κ2) is 38.1. The van der Waals surface area contributed by atoms with E-state index in [1.54, 1.807) is 115 Å². The van der Waals surface area contributed by atoms with Gasteiger partial charge in [0.15, 0.2) is 25.0 Å². The predicted octanol–water partition coefficient (Wildman–Crippen LogP) is 13.0. The van der Waals surface area contributed by atoms with E-state index in [-0.39, 0.29) is 128 Å². The van der Waals surface area contributed by atoms with Crippen molar-refractivity contribution in [2.45, 2.75) is 315 Å². The third kappa shape index (κ3) is 26.9. The molecule has 0 bridgehead atoms. The van der Waals surface area contributed by atoms with Crippen LogP contribution >= 0.6 is 0 Å². The van der Waals surface area contributed by atoms with Crippen LogP contribution in [0.5, 0.6) is 0 Å². The van der Waals surface area contributed by atoms with Crippen LogP contribution in [0, 0.1) is 40.2 Å². The molecule has 5 amide bonds. The van der Waals surface area contributed by atoms with E-state index in [0.717, 1.165) is 25.7 Å². The molecule has 8 N–H and O–H groups in total. The number of nitrogens with zero attached hydrogens (tertiary/aromatic N) is 5. The van der Waals surface area contributed by atoms with Gasteiger partial charge >= 0.3 is 17.9 Å². The van der Waals surface area contributed by atoms with Crippen molar-refractivity contribution in [3.63, 3.8) is 0 Å². The average molecular weight is 1580 g/mol. The summed E-state index contributed by atoms with van der Waals surface area (Å²) >= 11 is 0. The van der Waals surface area contributed by atoms with Crippen LogP contribution in [0.25, 0.3) is 0 Å². The molecule has 32 heteroatoms. The van der Waals surface area contributed by atoms with Crippen molar-refractivity contribution < 1.29 is 80.8 Å². The van der Waals surface area contributed by atoms with E-state index >= 15 is 0 Å². The number of anilines is 1. The molecule has 610 valence electrons. The third-order valence-corrected chi connectivity index (χ3v) is 34.5. The first-order valence-corrected chi connectivity index (χ1v) is 46.5. The number of aryl methyl sites for hydroxylation is 1. The van der Waals surface area contributed by atoms with Gasteiger partial charge in [-0.05, 0) is 146 Å². The summed E-state index contributed by atoms with van der Waals surface area (Å²) in [5.74, 6) is -1.37. The van der Waals surface area contributed by atoms with Gasteiger partial charge in [-0.3, -0.25) is 39.8 Å². The Kier molecular flexibility index (Phi) is 32.5. The van der Waals surface area contributed by atoms with Crippen molar-refractivity contribution in [3.05, 3.63) is 99.1 Å². The molecule has 0 radical (unpaired) electrons. The summed E-state index contributed by atoms with van der Waals surface area (Å²) in [6, 6.07) is 8.22. The fourth-order valence-corrected chi connectivity index (χ4v) is 16.0. The first kappa shape index (κ1) is 92.8. The third-order valence-electron chi connectivity index (χ3n) is 21.0. The number of ether oxygens (including phenoxy) is 6. The molecular weight excluding hydrogens is 1450 g/mol. The highest BCUT2D eigenvalue weighted by molar-refractivity contribution is 6.75. The van der Waals surface area contributed by atoms with Gasteiger partial charge in [0.25, 0.3) is 11.6 Å². The minimum atomic E-state index is -1.96. The lowest BCUT2D eigenvalue weighted by atomic mass is 9.95. The van der Waals surface area contributed by atoms with Gasteiger partial charge in [-0.2, -0.15) is 15.0 Å². The van der Waals surface area contributed by atoms with E-state index < -0.39 is 90.4 Å². The predicted molar refractivity (Wildman–Crippen MR) is 427 cm³/mol. The van der Waals surface area contributed by atoms with Gasteiger partial charge in [-0.1, -0.05) is 120 Å². The van der Waals surface area contributed by atoms with Crippen molar-refractivity contribution in [2.75, 3.05) is 11.9 Å². The Labute approximate surface area is 647 Å². The molecule has 1 aromatic heterocycles. The summed E-state index contributed by atoms with van der Waals surface area (Å²) in [7, 11) is -5.77. The fourth-order valence-electron chi connectivity index (χ4n) is 11.9. The van der Waals surface area contributed by atoms with Gasteiger partial charge in [0, 0.05) is 43.5 Å². The van der Waals surface area contributed by atoms with Crippen molar-refractivity contribution in [1.82, 2.24) is 20.2 Å². The highest BCUT2D eigenvalue weighted by Crippen LogP contribution is 2.45. The monoisotopic (exact) mass is 1580 g/mol. The van der Waals surface area contributed by atoms with Crippen LogP contribution in [0.15, 0.2) is 87.8 Å². The van der Waals surface area contributed by atoms with E-state index in [1.807, 2.05) is 0 Å². The van der Waals surface area contributed by atoms with E-state index in [0.29, 0.717) is 24.8 Å². The highest BCUT2D eigenvalue weighted by atomic mass is 28.4. The quantitative estimate of drug-likeness (QED) is 0.0466. The van der Waals surface area contributed by atoms with Crippen LogP contribution in [0.4, 0.5) is 21.1 Å². The van der Waals surface area contributed by atoms with Crippen molar-refractivity contribution in [1.29, 1.82) is 5.41 Å². The van der Waals surface area contributed by atoms with Crippen LogP contribution in [0.2, 0.25) is 54.4 Å². The molecule has 0 spiro atoms. The minimum Gasteiger partial charge on any atom is -0.444 e. The summed E-state index contributed by atoms with van der Waals surface area (Å²) in [6.07, 6.45) is 12.3. The van der Waals surface area contributed by atoms with Crippen LogP contribution < -0.4 is 27.4 Å². The second-order valence-electron chi connectivity index (χ2n) is 35.0. The van der Waals surface area contributed by atoms with Gasteiger partial charge in [0.2, 0.25) is 11.8 Å². The molecule has 109 heavy (non-hydrogen) atoms. The molecule has 7 aliphatic heterocycles. The summed E-state index contributed by atoms with van der Waals surface area (Å²) < 4.78 is 55.5. The molecule has 15 atom stereocenters. The van der Waals surface area contributed by atoms with Crippen molar-refractivity contribution in [3.8, 4) is 0 Å². The number of nitrogens with two attached hydrogens (primary N) is 1. The number of aliphatic hydroxyl groups is 2. The Balaban J connectivity index is 0.000000254. The lowest BCUT2D eigenvalue weighted by Gasteiger charge is -2.39. The Hall–Kier alpha value is -6.83. The average Bonchev–Trinajstić information content (AvgIpc) is 1.68. The molecule has 7 aliphatic rings. The maximum Gasteiger partial charge on any atom is 0.436 e.